The van der Waals surface area contributed by atoms with E-state index < -0.39 is 0 Å². The topological polar surface area (TPSA) is 76.7 Å². The monoisotopic (exact) mass is 304 g/mol. The van der Waals surface area contributed by atoms with Crippen molar-refractivity contribution < 1.29 is 19.1 Å². The Morgan fingerprint density at radius 1 is 1.14 bits per heavy atom. The maximum absolute atomic E-state index is 12.0. The standard InChI is InChI=1S/C16H20N2O4/c1-4-9-17-15(19)11-18-16(20)12-7-8-13(21-5-2)14(10-12)22-6-3/h1,7-8,10H,5-6,9,11H2,2-3H3,(H,17,19)(H,18,20). The third kappa shape index (κ3) is 5.37. The molecular weight excluding hydrogens is 284 g/mol. The van der Waals surface area contributed by atoms with Crippen molar-refractivity contribution in [1.82, 2.24) is 10.6 Å². The fraction of sp³-hybridized carbons (Fsp3) is 0.375. The van der Waals surface area contributed by atoms with E-state index in [1.807, 2.05) is 13.8 Å². The van der Waals surface area contributed by atoms with Crippen molar-refractivity contribution in [2.45, 2.75) is 13.8 Å². The number of hydrogen-bond acceptors (Lipinski definition) is 4. The molecule has 1 rings (SSSR count). The Balaban J connectivity index is 2.71. The van der Waals surface area contributed by atoms with Crippen molar-refractivity contribution in [1.29, 1.82) is 0 Å². The van der Waals surface area contributed by atoms with Gasteiger partial charge in [0.25, 0.3) is 5.91 Å². The van der Waals surface area contributed by atoms with Gasteiger partial charge in [0.1, 0.15) is 0 Å². The molecule has 1 aromatic rings. The average Bonchev–Trinajstić information content (AvgIpc) is 2.52. The zero-order chi connectivity index (χ0) is 16.4. The lowest BCUT2D eigenvalue weighted by atomic mass is 10.2. The molecule has 0 aromatic heterocycles. The molecule has 22 heavy (non-hydrogen) atoms. The SMILES string of the molecule is C#CCNC(=O)CNC(=O)c1ccc(OCC)c(OCC)c1. The molecule has 0 aliphatic heterocycles. The number of nitrogens with one attached hydrogen (secondary N) is 2. The molecule has 0 fully saturated rings. The van der Waals surface area contributed by atoms with Crippen LogP contribution < -0.4 is 20.1 Å². The summed E-state index contributed by atoms with van der Waals surface area (Å²) in [5.41, 5.74) is 0.386. The molecule has 6 nitrogen and oxygen atoms in total. The highest BCUT2D eigenvalue weighted by Gasteiger charge is 2.12. The molecule has 2 N–H and O–H groups in total. The van der Waals surface area contributed by atoms with Crippen LogP contribution in [0.2, 0.25) is 0 Å². The van der Waals surface area contributed by atoms with Gasteiger partial charge < -0.3 is 20.1 Å². The normalized spacial score (nSPS) is 9.50. The van der Waals surface area contributed by atoms with E-state index in [0.717, 1.165) is 0 Å². The van der Waals surface area contributed by atoms with Crippen LogP contribution in [0.4, 0.5) is 0 Å². The van der Waals surface area contributed by atoms with Crippen LogP contribution in [0.5, 0.6) is 11.5 Å². The summed E-state index contributed by atoms with van der Waals surface area (Å²) in [7, 11) is 0. The highest BCUT2D eigenvalue weighted by Crippen LogP contribution is 2.28. The molecule has 0 atom stereocenters. The zero-order valence-corrected chi connectivity index (χ0v) is 12.8. The number of hydrogen-bond donors (Lipinski definition) is 2. The number of carbonyl (C=O) groups is 2. The smallest absolute Gasteiger partial charge is 0.251 e. The summed E-state index contributed by atoms with van der Waals surface area (Å²) in [5.74, 6) is 2.63. The predicted octanol–water partition coefficient (Wildman–Crippen LogP) is 0.963. The van der Waals surface area contributed by atoms with E-state index in [4.69, 9.17) is 15.9 Å². The Kier molecular flexibility index (Phi) is 7.34. The van der Waals surface area contributed by atoms with Crippen LogP contribution in [0.3, 0.4) is 0 Å². The van der Waals surface area contributed by atoms with Gasteiger partial charge in [-0.2, -0.15) is 0 Å². The highest BCUT2D eigenvalue weighted by atomic mass is 16.5. The molecule has 0 bridgehead atoms. The summed E-state index contributed by atoms with van der Waals surface area (Å²) >= 11 is 0. The van der Waals surface area contributed by atoms with Crippen LogP contribution in [0.15, 0.2) is 18.2 Å². The molecule has 1 aromatic carbocycles. The molecule has 118 valence electrons. The van der Waals surface area contributed by atoms with E-state index in [2.05, 4.69) is 16.6 Å². The van der Waals surface area contributed by atoms with Gasteiger partial charge in [-0.25, -0.2) is 0 Å². The van der Waals surface area contributed by atoms with E-state index in [9.17, 15) is 9.59 Å². The molecule has 0 spiro atoms. The van der Waals surface area contributed by atoms with Crippen LogP contribution in [-0.2, 0) is 4.79 Å². The van der Waals surface area contributed by atoms with Gasteiger partial charge in [0.05, 0.1) is 26.3 Å². The summed E-state index contributed by atoms with van der Waals surface area (Å²) in [6.07, 6.45) is 5.03. The second-order valence-corrected chi connectivity index (χ2v) is 4.19. The summed E-state index contributed by atoms with van der Waals surface area (Å²) in [6.45, 7) is 4.66. The first-order valence-corrected chi connectivity index (χ1v) is 7.00. The molecule has 0 heterocycles. The van der Waals surface area contributed by atoms with E-state index in [0.29, 0.717) is 30.3 Å². The lowest BCUT2D eigenvalue weighted by molar-refractivity contribution is -0.119. The third-order valence-electron chi connectivity index (χ3n) is 2.60. The molecule has 0 saturated carbocycles. The summed E-state index contributed by atoms with van der Waals surface area (Å²) in [5, 5.41) is 4.97. The van der Waals surface area contributed by atoms with Gasteiger partial charge in [0.15, 0.2) is 11.5 Å². The fourth-order valence-electron chi connectivity index (χ4n) is 1.67. The second-order valence-electron chi connectivity index (χ2n) is 4.19. The van der Waals surface area contributed by atoms with Crippen molar-refractivity contribution in [3.05, 3.63) is 23.8 Å². The Bertz CT molecular complexity index is 564. The van der Waals surface area contributed by atoms with Crippen LogP contribution in [0.1, 0.15) is 24.2 Å². The largest absolute Gasteiger partial charge is 0.490 e. The van der Waals surface area contributed by atoms with E-state index in [1.54, 1.807) is 18.2 Å². The molecule has 0 unspecified atom stereocenters. The Labute approximate surface area is 130 Å². The van der Waals surface area contributed by atoms with Crippen molar-refractivity contribution in [2.75, 3.05) is 26.3 Å². The lowest BCUT2D eigenvalue weighted by Gasteiger charge is -2.12. The van der Waals surface area contributed by atoms with Crippen LogP contribution in [0, 0.1) is 12.3 Å². The van der Waals surface area contributed by atoms with Crippen LogP contribution in [0.25, 0.3) is 0 Å². The van der Waals surface area contributed by atoms with Crippen molar-refractivity contribution in [3.8, 4) is 23.8 Å². The van der Waals surface area contributed by atoms with E-state index >= 15 is 0 Å². The molecule has 0 aliphatic carbocycles. The van der Waals surface area contributed by atoms with Crippen molar-refractivity contribution in [2.24, 2.45) is 0 Å². The van der Waals surface area contributed by atoms with Crippen molar-refractivity contribution in [3.63, 3.8) is 0 Å². The Hall–Kier alpha value is -2.68. The molecular formula is C16H20N2O4. The Morgan fingerprint density at radius 3 is 2.45 bits per heavy atom. The van der Waals surface area contributed by atoms with Gasteiger partial charge in [-0.15, -0.1) is 6.42 Å². The van der Waals surface area contributed by atoms with Crippen LogP contribution in [-0.4, -0.2) is 38.1 Å². The maximum atomic E-state index is 12.0. The van der Waals surface area contributed by atoms with E-state index in [-0.39, 0.29) is 24.9 Å². The minimum atomic E-state index is -0.375. The number of rotatable bonds is 8. The summed E-state index contributed by atoms with van der Waals surface area (Å²) in [4.78, 5) is 23.4. The quantitative estimate of drug-likeness (QED) is 0.702. The first-order valence-electron chi connectivity index (χ1n) is 7.00. The Morgan fingerprint density at radius 2 is 1.82 bits per heavy atom. The minimum absolute atomic E-state index is 0.131. The van der Waals surface area contributed by atoms with Gasteiger partial charge in [-0.3, -0.25) is 9.59 Å². The van der Waals surface area contributed by atoms with Gasteiger partial charge in [-0.05, 0) is 32.0 Å². The number of amides is 2. The highest BCUT2D eigenvalue weighted by molar-refractivity contribution is 5.97. The maximum Gasteiger partial charge on any atom is 0.251 e. The number of carbonyl (C=O) groups excluding carboxylic acids is 2. The molecule has 2 amide bonds. The lowest BCUT2D eigenvalue weighted by Crippen LogP contribution is -2.37. The molecule has 0 saturated heterocycles. The third-order valence-corrected chi connectivity index (χ3v) is 2.60. The van der Waals surface area contributed by atoms with Crippen LogP contribution >= 0.6 is 0 Å². The first kappa shape index (κ1) is 17.4. The first-order chi connectivity index (χ1) is 10.6. The number of ether oxygens (including phenoxy) is 2. The minimum Gasteiger partial charge on any atom is -0.490 e. The number of benzene rings is 1. The predicted molar refractivity (Wildman–Crippen MR) is 83.0 cm³/mol. The zero-order valence-electron chi connectivity index (χ0n) is 12.8. The second kappa shape index (κ2) is 9.29. The van der Waals surface area contributed by atoms with Gasteiger partial charge in [-0.1, -0.05) is 5.92 Å². The van der Waals surface area contributed by atoms with Crippen molar-refractivity contribution >= 4 is 11.8 Å². The molecule has 6 heteroatoms. The van der Waals surface area contributed by atoms with Gasteiger partial charge in [0, 0.05) is 5.56 Å². The molecule has 0 aliphatic rings. The summed E-state index contributed by atoms with van der Waals surface area (Å²) in [6, 6.07) is 4.87. The average molecular weight is 304 g/mol. The van der Waals surface area contributed by atoms with Gasteiger partial charge in [0.2, 0.25) is 5.91 Å². The summed E-state index contributed by atoms with van der Waals surface area (Å²) < 4.78 is 10.9. The van der Waals surface area contributed by atoms with E-state index in [1.165, 1.54) is 0 Å². The number of terminal acetylenes is 1. The molecule has 0 radical (unpaired) electrons. The van der Waals surface area contributed by atoms with Gasteiger partial charge >= 0.3 is 0 Å². The fourth-order valence-corrected chi connectivity index (χ4v) is 1.67.